The number of halogens is 3. The summed E-state index contributed by atoms with van der Waals surface area (Å²) in [6, 6.07) is 3.24. The van der Waals surface area contributed by atoms with Crippen molar-refractivity contribution in [3.63, 3.8) is 0 Å². The molecule has 0 aliphatic carbocycles. The van der Waals surface area contributed by atoms with E-state index >= 15 is 0 Å². The number of benzene rings is 1. The molecule has 1 fully saturated rings. The molecular weight excluding hydrogens is 280 g/mol. The minimum absolute atomic E-state index is 0.201. The quantitative estimate of drug-likeness (QED) is 0.872. The van der Waals surface area contributed by atoms with Crippen molar-refractivity contribution in [3.8, 4) is 0 Å². The van der Waals surface area contributed by atoms with Crippen LogP contribution in [0.15, 0.2) is 12.1 Å². The molecule has 0 bridgehead atoms. The van der Waals surface area contributed by atoms with Crippen LogP contribution in [0, 0.1) is 5.92 Å². The molecule has 0 spiro atoms. The van der Waals surface area contributed by atoms with Gasteiger partial charge in [0.25, 0.3) is 0 Å². The third-order valence-corrected chi connectivity index (χ3v) is 4.01. The molecular formula is C12H14Cl3NO. The second kappa shape index (κ2) is 5.77. The standard InChI is InChI=1S/C12H14Cl3NO/c13-8-5-9(14)11(10(15)6-8)12(17)7-1-3-16-4-2-7/h5-7,12,16-17H,1-4H2. The van der Waals surface area contributed by atoms with Crippen LogP contribution < -0.4 is 5.32 Å². The van der Waals surface area contributed by atoms with Gasteiger partial charge in [-0.15, -0.1) is 0 Å². The van der Waals surface area contributed by atoms with Crippen molar-refractivity contribution in [3.05, 3.63) is 32.8 Å². The molecule has 1 heterocycles. The summed E-state index contributed by atoms with van der Waals surface area (Å²) in [7, 11) is 0. The minimum atomic E-state index is -0.616. The molecule has 0 amide bonds. The van der Waals surface area contributed by atoms with Crippen LogP contribution in [-0.4, -0.2) is 18.2 Å². The number of hydrogen-bond acceptors (Lipinski definition) is 2. The largest absolute Gasteiger partial charge is 0.388 e. The van der Waals surface area contributed by atoms with E-state index in [1.165, 1.54) is 0 Å². The fourth-order valence-corrected chi connectivity index (χ4v) is 3.27. The van der Waals surface area contributed by atoms with Crippen molar-refractivity contribution in [2.45, 2.75) is 18.9 Å². The van der Waals surface area contributed by atoms with E-state index in [9.17, 15) is 5.11 Å². The van der Waals surface area contributed by atoms with E-state index in [-0.39, 0.29) is 5.92 Å². The Bertz CT molecular complexity index is 382. The maximum atomic E-state index is 10.4. The SMILES string of the molecule is OC(c1c(Cl)cc(Cl)cc1Cl)C1CCNCC1. The van der Waals surface area contributed by atoms with Crippen LogP contribution >= 0.6 is 34.8 Å². The molecule has 1 saturated heterocycles. The van der Waals surface area contributed by atoms with Gasteiger partial charge >= 0.3 is 0 Å². The Labute approximate surface area is 116 Å². The van der Waals surface area contributed by atoms with Gasteiger partial charge in [0, 0.05) is 20.6 Å². The molecule has 0 radical (unpaired) electrons. The van der Waals surface area contributed by atoms with Crippen molar-refractivity contribution in [2.24, 2.45) is 5.92 Å². The third kappa shape index (κ3) is 3.07. The fraction of sp³-hybridized carbons (Fsp3) is 0.500. The zero-order valence-electron chi connectivity index (χ0n) is 9.22. The van der Waals surface area contributed by atoms with Gasteiger partial charge in [0.05, 0.1) is 6.10 Å². The number of hydrogen-bond donors (Lipinski definition) is 2. The second-order valence-corrected chi connectivity index (χ2v) is 5.57. The molecule has 1 atom stereocenters. The first-order valence-electron chi connectivity index (χ1n) is 5.63. The third-order valence-electron chi connectivity index (χ3n) is 3.17. The van der Waals surface area contributed by atoms with E-state index in [0.29, 0.717) is 20.6 Å². The number of rotatable bonds is 2. The first kappa shape index (κ1) is 13.4. The van der Waals surface area contributed by atoms with Crippen LogP contribution in [-0.2, 0) is 0 Å². The number of aliphatic hydroxyl groups excluding tert-OH is 1. The van der Waals surface area contributed by atoms with Crippen molar-refractivity contribution >= 4 is 34.8 Å². The lowest BCUT2D eigenvalue weighted by molar-refractivity contribution is 0.0891. The molecule has 5 heteroatoms. The van der Waals surface area contributed by atoms with E-state index in [2.05, 4.69) is 5.32 Å². The molecule has 0 saturated carbocycles. The Morgan fingerprint density at radius 1 is 1.12 bits per heavy atom. The summed E-state index contributed by atoms with van der Waals surface area (Å²) < 4.78 is 0. The number of aliphatic hydroxyl groups is 1. The van der Waals surface area contributed by atoms with Crippen LogP contribution in [0.4, 0.5) is 0 Å². The Morgan fingerprint density at radius 2 is 1.65 bits per heavy atom. The maximum absolute atomic E-state index is 10.4. The highest BCUT2D eigenvalue weighted by Gasteiger charge is 2.26. The Hall–Kier alpha value is 0.01000. The van der Waals surface area contributed by atoms with Crippen molar-refractivity contribution in [1.82, 2.24) is 5.32 Å². The highest BCUT2D eigenvalue weighted by atomic mass is 35.5. The average molecular weight is 295 g/mol. The fourth-order valence-electron chi connectivity index (χ4n) is 2.23. The van der Waals surface area contributed by atoms with E-state index in [1.807, 2.05) is 0 Å². The van der Waals surface area contributed by atoms with Crippen LogP contribution in [0.2, 0.25) is 15.1 Å². The normalized spacial score (nSPS) is 19.3. The molecule has 1 aromatic carbocycles. The smallest absolute Gasteiger partial charge is 0.0848 e. The van der Waals surface area contributed by atoms with Gasteiger partial charge in [0.15, 0.2) is 0 Å². The Balaban J connectivity index is 2.26. The predicted molar refractivity (Wildman–Crippen MR) is 72.0 cm³/mol. The molecule has 1 unspecified atom stereocenters. The van der Waals surface area contributed by atoms with Gasteiger partial charge in [-0.3, -0.25) is 0 Å². The molecule has 94 valence electrons. The summed E-state index contributed by atoms with van der Waals surface area (Å²) in [6.45, 7) is 1.84. The number of piperidine rings is 1. The van der Waals surface area contributed by atoms with E-state index < -0.39 is 6.10 Å². The molecule has 17 heavy (non-hydrogen) atoms. The van der Waals surface area contributed by atoms with Gasteiger partial charge in [-0.1, -0.05) is 34.8 Å². The van der Waals surface area contributed by atoms with E-state index in [1.54, 1.807) is 12.1 Å². The Morgan fingerprint density at radius 3 is 2.18 bits per heavy atom. The van der Waals surface area contributed by atoms with Gasteiger partial charge in [-0.2, -0.15) is 0 Å². The zero-order valence-corrected chi connectivity index (χ0v) is 11.5. The lowest BCUT2D eigenvalue weighted by Crippen LogP contribution is -2.31. The molecule has 2 nitrogen and oxygen atoms in total. The number of nitrogens with one attached hydrogen (secondary N) is 1. The summed E-state index contributed by atoms with van der Waals surface area (Å²) in [4.78, 5) is 0. The van der Waals surface area contributed by atoms with Gasteiger partial charge in [-0.05, 0) is 44.0 Å². The highest BCUT2D eigenvalue weighted by molar-refractivity contribution is 6.39. The second-order valence-electron chi connectivity index (χ2n) is 4.32. The molecule has 1 aliphatic heterocycles. The zero-order chi connectivity index (χ0) is 12.4. The van der Waals surface area contributed by atoms with Gasteiger partial charge in [0.1, 0.15) is 0 Å². The van der Waals surface area contributed by atoms with Gasteiger partial charge in [0.2, 0.25) is 0 Å². The van der Waals surface area contributed by atoms with Gasteiger partial charge < -0.3 is 10.4 Å². The molecule has 2 rings (SSSR count). The minimum Gasteiger partial charge on any atom is -0.388 e. The van der Waals surface area contributed by atoms with Crippen molar-refractivity contribution in [1.29, 1.82) is 0 Å². The van der Waals surface area contributed by atoms with Crippen molar-refractivity contribution < 1.29 is 5.11 Å². The summed E-state index contributed by atoms with van der Waals surface area (Å²) in [5.74, 6) is 0.201. The topological polar surface area (TPSA) is 32.3 Å². The van der Waals surface area contributed by atoms with Crippen LogP contribution in [0.5, 0.6) is 0 Å². The molecule has 1 aliphatic rings. The average Bonchev–Trinajstić information content (AvgIpc) is 2.28. The first-order valence-corrected chi connectivity index (χ1v) is 6.76. The Kier molecular flexibility index (Phi) is 4.56. The lowest BCUT2D eigenvalue weighted by atomic mass is 9.88. The first-order chi connectivity index (χ1) is 8.09. The summed E-state index contributed by atoms with van der Waals surface area (Å²) in [6.07, 6.45) is 1.24. The molecule has 0 aromatic heterocycles. The van der Waals surface area contributed by atoms with Gasteiger partial charge in [-0.25, -0.2) is 0 Å². The van der Waals surface area contributed by atoms with Crippen LogP contribution in [0.3, 0.4) is 0 Å². The summed E-state index contributed by atoms with van der Waals surface area (Å²) in [5.41, 5.74) is 0.602. The summed E-state index contributed by atoms with van der Waals surface area (Å²) in [5, 5.41) is 15.0. The van der Waals surface area contributed by atoms with Crippen LogP contribution in [0.1, 0.15) is 24.5 Å². The predicted octanol–water partition coefficient (Wildman–Crippen LogP) is 3.68. The summed E-state index contributed by atoms with van der Waals surface area (Å²) >= 11 is 18.1. The van der Waals surface area contributed by atoms with Crippen LogP contribution in [0.25, 0.3) is 0 Å². The van der Waals surface area contributed by atoms with E-state index in [4.69, 9.17) is 34.8 Å². The monoisotopic (exact) mass is 293 g/mol. The van der Waals surface area contributed by atoms with E-state index in [0.717, 1.165) is 25.9 Å². The molecule has 2 N–H and O–H groups in total. The van der Waals surface area contributed by atoms with Crippen molar-refractivity contribution in [2.75, 3.05) is 13.1 Å². The maximum Gasteiger partial charge on any atom is 0.0848 e. The highest BCUT2D eigenvalue weighted by Crippen LogP contribution is 2.38. The molecule has 1 aromatic rings. The lowest BCUT2D eigenvalue weighted by Gasteiger charge is -2.28.